The van der Waals surface area contributed by atoms with Crippen LogP contribution in [0.4, 0.5) is 17.1 Å². The van der Waals surface area contributed by atoms with Crippen molar-refractivity contribution in [2.45, 2.75) is 0 Å². The Hall–Kier alpha value is -6.78. The van der Waals surface area contributed by atoms with Gasteiger partial charge in [-0.15, -0.1) is 22.7 Å². The molecule has 0 spiro atoms. The summed E-state index contributed by atoms with van der Waals surface area (Å²) >= 11 is 3.76. The second-order valence-electron chi connectivity index (χ2n) is 14.5. The summed E-state index contributed by atoms with van der Waals surface area (Å²) in [7, 11) is 0. The van der Waals surface area contributed by atoms with Gasteiger partial charge in [-0.25, -0.2) is 0 Å². The van der Waals surface area contributed by atoms with Crippen LogP contribution in [0.5, 0.6) is 0 Å². The Balaban J connectivity index is 1.02. The van der Waals surface area contributed by atoms with Gasteiger partial charge in [-0.1, -0.05) is 170 Å². The van der Waals surface area contributed by atoms with E-state index in [0.29, 0.717) is 0 Å². The van der Waals surface area contributed by atoms with E-state index < -0.39 is 0 Å². The van der Waals surface area contributed by atoms with Crippen LogP contribution in [0.15, 0.2) is 212 Å². The molecule has 268 valence electrons. The Morgan fingerprint density at radius 3 is 1.42 bits per heavy atom. The molecule has 0 atom stereocenters. The van der Waals surface area contributed by atoms with Crippen molar-refractivity contribution in [1.29, 1.82) is 0 Å². The van der Waals surface area contributed by atoms with Gasteiger partial charge in [0.25, 0.3) is 0 Å². The first-order valence-corrected chi connectivity index (χ1v) is 21.0. The molecule has 0 saturated heterocycles. The van der Waals surface area contributed by atoms with Crippen LogP contribution >= 0.6 is 22.7 Å². The Kier molecular flexibility index (Phi) is 8.28. The highest BCUT2D eigenvalue weighted by Gasteiger charge is 2.20. The van der Waals surface area contributed by atoms with E-state index in [0.717, 1.165) is 11.4 Å². The van der Waals surface area contributed by atoms with E-state index in [2.05, 4.69) is 217 Å². The molecule has 3 heteroatoms. The van der Waals surface area contributed by atoms with Gasteiger partial charge in [-0.05, 0) is 87.0 Å². The second-order valence-corrected chi connectivity index (χ2v) is 16.6. The summed E-state index contributed by atoms with van der Waals surface area (Å²) in [5.41, 5.74) is 13.2. The highest BCUT2D eigenvalue weighted by Crippen LogP contribution is 2.47. The molecule has 1 nitrogen and oxygen atoms in total. The smallest absolute Gasteiger partial charge is 0.0640 e. The van der Waals surface area contributed by atoms with Crippen molar-refractivity contribution >= 4 is 80.1 Å². The molecule has 0 saturated carbocycles. The predicted octanol–water partition coefficient (Wildman–Crippen LogP) is 16.6. The molecule has 9 aromatic carbocycles. The molecule has 0 N–H and O–H groups in total. The van der Waals surface area contributed by atoms with E-state index in [1.54, 1.807) is 0 Å². The molecule has 11 rings (SSSR count). The largest absolute Gasteiger partial charge is 0.309 e. The highest BCUT2D eigenvalue weighted by molar-refractivity contribution is 7.27. The summed E-state index contributed by atoms with van der Waals surface area (Å²) < 4.78 is 5.24. The average Bonchev–Trinajstić information content (AvgIpc) is 3.86. The lowest BCUT2D eigenvalue weighted by molar-refractivity contribution is 1.30. The monoisotopic (exact) mass is 761 g/mol. The quantitative estimate of drug-likeness (QED) is 0.156. The number of hydrogen-bond acceptors (Lipinski definition) is 3. The maximum atomic E-state index is 2.43. The molecule has 0 radical (unpaired) electrons. The lowest BCUT2D eigenvalue weighted by Gasteiger charge is -2.26. The van der Waals surface area contributed by atoms with Crippen LogP contribution in [0.3, 0.4) is 0 Å². The zero-order valence-electron chi connectivity index (χ0n) is 31.0. The fraction of sp³-hybridized carbons (Fsp3) is 0. The van der Waals surface area contributed by atoms with Crippen molar-refractivity contribution in [3.63, 3.8) is 0 Å². The number of hydrogen-bond donors (Lipinski definition) is 0. The third-order valence-electron chi connectivity index (χ3n) is 11.1. The highest BCUT2D eigenvalue weighted by atomic mass is 32.1. The van der Waals surface area contributed by atoms with Gasteiger partial charge in [0.2, 0.25) is 0 Å². The molecule has 0 amide bonds. The molecule has 0 aliphatic rings. The topological polar surface area (TPSA) is 3.24 Å². The van der Waals surface area contributed by atoms with E-state index in [4.69, 9.17) is 0 Å². The Labute approximate surface area is 340 Å². The SMILES string of the molecule is c1ccc(-c2ccc(-c3ccc(N(c4ccc(-c5ccc6c(c5)sc5ccccc56)cc4)c4cccc5c4sc4c(-c6ccccc6)cccc45)cc3)cc2)cc1. The first-order chi connectivity index (χ1) is 28.2. The Morgan fingerprint density at radius 2 is 0.754 bits per heavy atom. The van der Waals surface area contributed by atoms with Crippen LogP contribution in [0, 0.1) is 0 Å². The summed E-state index contributed by atoms with van der Waals surface area (Å²) in [6.07, 6.45) is 0. The van der Waals surface area contributed by atoms with Gasteiger partial charge < -0.3 is 4.90 Å². The van der Waals surface area contributed by atoms with Crippen LogP contribution in [0.2, 0.25) is 0 Å². The van der Waals surface area contributed by atoms with Crippen molar-refractivity contribution in [2.75, 3.05) is 4.90 Å². The van der Waals surface area contributed by atoms with Gasteiger partial charge in [0.05, 0.1) is 10.4 Å². The summed E-state index contributed by atoms with van der Waals surface area (Å²) in [6.45, 7) is 0. The molecular weight excluding hydrogens is 727 g/mol. The van der Waals surface area contributed by atoms with E-state index >= 15 is 0 Å². The second kappa shape index (κ2) is 14.1. The van der Waals surface area contributed by atoms with Crippen molar-refractivity contribution in [3.05, 3.63) is 212 Å². The van der Waals surface area contributed by atoms with Crippen LogP contribution in [-0.4, -0.2) is 0 Å². The van der Waals surface area contributed by atoms with E-state index in [-0.39, 0.29) is 0 Å². The molecule has 2 aromatic heterocycles. The molecule has 11 aromatic rings. The minimum Gasteiger partial charge on any atom is -0.309 e. The number of thiophene rings is 2. The van der Waals surface area contributed by atoms with Crippen LogP contribution in [0.25, 0.3) is 84.9 Å². The van der Waals surface area contributed by atoms with Crippen LogP contribution in [0.1, 0.15) is 0 Å². The maximum Gasteiger partial charge on any atom is 0.0640 e. The predicted molar refractivity (Wildman–Crippen MR) is 249 cm³/mol. The Bertz CT molecular complexity index is 3200. The van der Waals surface area contributed by atoms with Gasteiger partial charge in [-0.2, -0.15) is 0 Å². The maximum absolute atomic E-state index is 2.43. The number of anilines is 3. The van der Waals surface area contributed by atoms with Gasteiger partial charge >= 0.3 is 0 Å². The normalized spacial score (nSPS) is 11.5. The van der Waals surface area contributed by atoms with Gasteiger partial charge in [0.1, 0.15) is 0 Å². The van der Waals surface area contributed by atoms with E-state index in [1.807, 2.05) is 22.7 Å². The number of benzene rings is 9. The molecule has 0 aliphatic heterocycles. The van der Waals surface area contributed by atoms with Crippen LogP contribution in [-0.2, 0) is 0 Å². The van der Waals surface area contributed by atoms with Crippen LogP contribution < -0.4 is 4.90 Å². The minimum absolute atomic E-state index is 1.12. The van der Waals surface area contributed by atoms with Crippen molar-refractivity contribution in [3.8, 4) is 44.5 Å². The van der Waals surface area contributed by atoms with Crippen molar-refractivity contribution in [1.82, 2.24) is 0 Å². The third kappa shape index (κ3) is 6.00. The lowest BCUT2D eigenvalue weighted by Crippen LogP contribution is -2.10. The number of nitrogens with zero attached hydrogens (tertiary/aromatic N) is 1. The zero-order valence-corrected chi connectivity index (χ0v) is 32.6. The van der Waals surface area contributed by atoms with E-state index in [9.17, 15) is 0 Å². The van der Waals surface area contributed by atoms with Gasteiger partial charge in [0.15, 0.2) is 0 Å². The fourth-order valence-electron chi connectivity index (χ4n) is 8.25. The number of rotatable bonds is 7. The summed E-state index contributed by atoms with van der Waals surface area (Å²) in [5.74, 6) is 0. The Morgan fingerprint density at radius 1 is 0.281 bits per heavy atom. The summed E-state index contributed by atoms with van der Waals surface area (Å²) in [5, 5.41) is 5.22. The first-order valence-electron chi connectivity index (χ1n) is 19.3. The first kappa shape index (κ1) is 33.5. The lowest BCUT2D eigenvalue weighted by atomic mass is 10.00. The molecule has 0 fully saturated rings. The molecular formula is C54H35NS2. The molecule has 57 heavy (non-hydrogen) atoms. The molecule has 0 unspecified atom stereocenters. The average molecular weight is 762 g/mol. The minimum atomic E-state index is 1.12. The fourth-order valence-corrected chi connectivity index (χ4v) is 10.7. The van der Waals surface area contributed by atoms with Gasteiger partial charge in [-0.3, -0.25) is 0 Å². The molecule has 0 bridgehead atoms. The number of fused-ring (bicyclic) bond motifs is 6. The van der Waals surface area contributed by atoms with Gasteiger partial charge in [0, 0.05) is 47.0 Å². The zero-order chi connectivity index (χ0) is 37.7. The third-order valence-corrected chi connectivity index (χ3v) is 13.5. The molecule has 0 aliphatic carbocycles. The van der Waals surface area contributed by atoms with Crippen molar-refractivity contribution in [2.24, 2.45) is 0 Å². The standard InChI is InChI=1S/C54H35NS2/c1-3-11-36(12-4-1)37-21-23-38(24-22-37)39-25-30-43(31-26-39)55(44-32-27-40(28-33-44)42-29-34-47-46-15-7-8-20-51(46)56-52(47)35-42)50-19-10-18-49-48-17-9-16-45(53(48)57-54(49)50)41-13-5-2-6-14-41/h1-35H. The summed E-state index contributed by atoms with van der Waals surface area (Å²) in [6, 6.07) is 77.5. The van der Waals surface area contributed by atoms with E-state index in [1.165, 1.54) is 90.5 Å². The van der Waals surface area contributed by atoms with Crippen molar-refractivity contribution < 1.29 is 0 Å². The summed E-state index contributed by atoms with van der Waals surface area (Å²) in [4.78, 5) is 2.43. The molecule has 2 heterocycles.